The van der Waals surface area contributed by atoms with Gasteiger partial charge in [0.2, 0.25) is 10.0 Å². The number of halogens is 1. The first-order valence-electron chi connectivity index (χ1n) is 8.27. The number of hydrogen-bond donors (Lipinski definition) is 2. The Kier molecular flexibility index (Phi) is 6.09. The van der Waals surface area contributed by atoms with Crippen molar-refractivity contribution in [2.75, 3.05) is 26.2 Å². The molecule has 7 heteroatoms. The number of hydrogen-bond acceptors (Lipinski definition) is 3. The van der Waals surface area contributed by atoms with E-state index in [0.717, 1.165) is 19.6 Å². The minimum Gasteiger partial charge on any atom is -0.365 e. The van der Waals surface area contributed by atoms with Crippen LogP contribution in [0.25, 0.3) is 0 Å². The molecule has 1 aliphatic heterocycles. The summed E-state index contributed by atoms with van der Waals surface area (Å²) in [6, 6.07) is 16.4. The van der Waals surface area contributed by atoms with E-state index in [4.69, 9.17) is 16.3 Å². The molecule has 0 aliphatic carbocycles. The molecule has 3 rings (SSSR count). The lowest BCUT2D eigenvalue weighted by Gasteiger charge is -2.30. The van der Waals surface area contributed by atoms with Gasteiger partial charge in [-0.15, -0.1) is 0 Å². The van der Waals surface area contributed by atoms with Crippen LogP contribution in [0.15, 0.2) is 59.5 Å². The summed E-state index contributed by atoms with van der Waals surface area (Å²) >= 11 is 5.81. The van der Waals surface area contributed by atoms with E-state index in [2.05, 4.69) is 16.9 Å². The summed E-state index contributed by atoms with van der Waals surface area (Å²) in [6.07, 6.45) is -0.130. The van der Waals surface area contributed by atoms with Crippen molar-refractivity contribution in [3.63, 3.8) is 0 Å². The minimum atomic E-state index is -3.55. The van der Waals surface area contributed by atoms with E-state index < -0.39 is 10.0 Å². The van der Waals surface area contributed by atoms with Crippen molar-refractivity contribution in [1.82, 2.24) is 4.72 Å². The molecule has 0 spiro atoms. The van der Waals surface area contributed by atoms with Crippen molar-refractivity contribution in [1.29, 1.82) is 0 Å². The smallest absolute Gasteiger partial charge is 0.240 e. The Bertz CT molecular complexity index is 782. The van der Waals surface area contributed by atoms with Gasteiger partial charge in [-0.25, -0.2) is 13.1 Å². The molecule has 0 saturated carbocycles. The highest BCUT2D eigenvalue weighted by Crippen LogP contribution is 2.13. The molecule has 5 nitrogen and oxygen atoms in total. The third kappa shape index (κ3) is 5.26. The van der Waals surface area contributed by atoms with Gasteiger partial charge in [0.05, 0.1) is 11.5 Å². The SMILES string of the molecule is O=S(=O)(NC[C@@H]1C[NH+](Cc2ccccc2)CCO1)c1ccc(Cl)cc1. The van der Waals surface area contributed by atoms with Crippen LogP contribution in [0.4, 0.5) is 0 Å². The first-order valence-corrected chi connectivity index (χ1v) is 10.1. The molecule has 2 aromatic rings. The maximum atomic E-state index is 12.3. The van der Waals surface area contributed by atoms with E-state index in [0.29, 0.717) is 11.6 Å². The average Bonchev–Trinajstić information content (AvgIpc) is 2.62. The molecule has 25 heavy (non-hydrogen) atoms. The zero-order valence-corrected chi connectivity index (χ0v) is 15.4. The van der Waals surface area contributed by atoms with Crippen LogP contribution >= 0.6 is 11.6 Å². The van der Waals surface area contributed by atoms with Gasteiger partial charge in [0.15, 0.2) is 0 Å². The number of benzene rings is 2. The van der Waals surface area contributed by atoms with Gasteiger partial charge in [-0.1, -0.05) is 41.9 Å². The Morgan fingerprint density at radius 2 is 1.84 bits per heavy atom. The molecule has 2 N–H and O–H groups in total. The standard InChI is InChI=1S/C18H21ClN2O3S/c19-16-6-8-18(9-7-16)25(22,23)20-12-17-14-21(10-11-24-17)13-15-4-2-1-3-5-15/h1-9,17,20H,10-14H2/p+1/t17-/m1/s1. The Morgan fingerprint density at radius 3 is 2.56 bits per heavy atom. The number of morpholine rings is 1. The maximum absolute atomic E-state index is 12.3. The monoisotopic (exact) mass is 381 g/mol. The largest absolute Gasteiger partial charge is 0.365 e. The highest BCUT2D eigenvalue weighted by Gasteiger charge is 2.25. The molecule has 1 unspecified atom stereocenters. The fourth-order valence-electron chi connectivity index (χ4n) is 2.93. The van der Waals surface area contributed by atoms with Gasteiger partial charge in [-0.3, -0.25) is 0 Å². The summed E-state index contributed by atoms with van der Waals surface area (Å²) in [7, 11) is -3.55. The molecule has 1 heterocycles. The van der Waals surface area contributed by atoms with E-state index in [9.17, 15) is 8.42 Å². The second kappa shape index (κ2) is 8.29. The molecular weight excluding hydrogens is 360 g/mol. The van der Waals surface area contributed by atoms with Crippen molar-refractivity contribution in [2.45, 2.75) is 17.5 Å². The molecule has 0 amide bonds. The molecule has 1 aliphatic rings. The number of nitrogens with one attached hydrogen (secondary N) is 2. The van der Waals surface area contributed by atoms with E-state index in [1.165, 1.54) is 22.6 Å². The van der Waals surface area contributed by atoms with Gasteiger partial charge in [-0.2, -0.15) is 0 Å². The van der Waals surface area contributed by atoms with Gasteiger partial charge in [0, 0.05) is 17.1 Å². The molecule has 2 aromatic carbocycles. The Labute approximate surface area is 153 Å². The highest BCUT2D eigenvalue weighted by atomic mass is 35.5. The molecule has 2 atom stereocenters. The number of ether oxygens (including phenoxy) is 1. The van der Waals surface area contributed by atoms with Crippen LogP contribution in [0.5, 0.6) is 0 Å². The van der Waals surface area contributed by atoms with Crippen LogP contribution in [0.1, 0.15) is 5.56 Å². The van der Waals surface area contributed by atoms with E-state index in [1.54, 1.807) is 12.1 Å². The quantitative estimate of drug-likeness (QED) is 0.787. The fourth-order valence-corrected chi connectivity index (χ4v) is 4.12. The average molecular weight is 382 g/mol. The summed E-state index contributed by atoms with van der Waals surface area (Å²) in [5, 5.41) is 0.509. The lowest BCUT2D eigenvalue weighted by Crippen LogP contribution is -3.13. The number of quaternary nitrogens is 1. The third-order valence-corrected chi connectivity index (χ3v) is 5.94. The number of sulfonamides is 1. The van der Waals surface area contributed by atoms with Crippen LogP contribution in [0.2, 0.25) is 5.02 Å². The van der Waals surface area contributed by atoms with Crippen molar-refractivity contribution >= 4 is 21.6 Å². The maximum Gasteiger partial charge on any atom is 0.240 e. The first kappa shape index (κ1) is 18.4. The number of rotatable bonds is 6. The van der Waals surface area contributed by atoms with Gasteiger partial charge >= 0.3 is 0 Å². The molecule has 0 aromatic heterocycles. The van der Waals surface area contributed by atoms with Gasteiger partial charge in [-0.05, 0) is 24.3 Å². The van der Waals surface area contributed by atoms with Crippen molar-refractivity contribution in [3.8, 4) is 0 Å². The van der Waals surface area contributed by atoms with Crippen LogP contribution in [-0.2, 0) is 21.3 Å². The van der Waals surface area contributed by atoms with Crippen LogP contribution < -0.4 is 9.62 Å². The van der Waals surface area contributed by atoms with Crippen LogP contribution in [0.3, 0.4) is 0 Å². The summed E-state index contributed by atoms with van der Waals surface area (Å²) in [5.41, 5.74) is 1.28. The normalized spacial score (nSPS) is 21.2. The molecule has 1 saturated heterocycles. The zero-order chi connectivity index (χ0) is 17.7. The van der Waals surface area contributed by atoms with E-state index in [-0.39, 0.29) is 17.5 Å². The second-order valence-electron chi connectivity index (χ2n) is 6.17. The predicted molar refractivity (Wildman–Crippen MR) is 97.2 cm³/mol. The lowest BCUT2D eigenvalue weighted by molar-refractivity contribution is -0.925. The third-order valence-electron chi connectivity index (χ3n) is 4.25. The Hall–Kier alpha value is -1.44. The van der Waals surface area contributed by atoms with Gasteiger partial charge in [0.25, 0.3) is 0 Å². The van der Waals surface area contributed by atoms with Crippen LogP contribution in [-0.4, -0.2) is 40.8 Å². The summed E-state index contributed by atoms with van der Waals surface area (Å²) in [5.74, 6) is 0. The molecule has 0 bridgehead atoms. The minimum absolute atomic E-state index is 0.130. The van der Waals surface area contributed by atoms with Crippen LogP contribution in [0, 0.1) is 0 Å². The zero-order valence-electron chi connectivity index (χ0n) is 13.8. The molecule has 0 radical (unpaired) electrons. The summed E-state index contributed by atoms with van der Waals surface area (Å²) in [6.45, 7) is 3.52. The van der Waals surface area contributed by atoms with Crippen molar-refractivity contribution in [2.24, 2.45) is 0 Å². The second-order valence-corrected chi connectivity index (χ2v) is 8.37. The van der Waals surface area contributed by atoms with Gasteiger partial charge < -0.3 is 9.64 Å². The summed E-state index contributed by atoms with van der Waals surface area (Å²) in [4.78, 5) is 1.61. The molecule has 1 fully saturated rings. The Balaban J connectivity index is 1.55. The topological polar surface area (TPSA) is 59.8 Å². The molecular formula is C18H22ClN2O3S+. The first-order chi connectivity index (χ1) is 12.0. The summed E-state index contributed by atoms with van der Waals surface area (Å²) < 4.78 is 33.1. The van der Waals surface area contributed by atoms with E-state index in [1.807, 2.05) is 18.2 Å². The highest BCUT2D eigenvalue weighted by molar-refractivity contribution is 7.89. The molecule has 134 valence electrons. The Morgan fingerprint density at radius 1 is 1.12 bits per heavy atom. The lowest BCUT2D eigenvalue weighted by atomic mass is 10.2. The van der Waals surface area contributed by atoms with Crippen molar-refractivity contribution in [3.05, 3.63) is 65.2 Å². The van der Waals surface area contributed by atoms with Crippen molar-refractivity contribution < 1.29 is 18.1 Å². The van der Waals surface area contributed by atoms with Gasteiger partial charge in [0.1, 0.15) is 25.7 Å². The van der Waals surface area contributed by atoms with E-state index >= 15 is 0 Å². The predicted octanol–water partition coefficient (Wildman–Crippen LogP) is 1.10. The fraction of sp³-hybridized carbons (Fsp3) is 0.333.